The van der Waals surface area contributed by atoms with Gasteiger partial charge in [-0.15, -0.1) is 0 Å². The Labute approximate surface area is 136 Å². The summed E-state index contributed by atoms with van der Waals surface area (Å²) in [7, 11) is 0. The molecule has 0 radical (unpaired) electrons. The van der Waals surface area contributed by atoms with E-state index in [1.54, 1.807) is 12.1 Å². The summed E-state index contributed by atoms with van der Waals surface area (Å²) in [5.41, 5.74) is 0.601. The molecule has 0 aromatic heterocycles. The summed E-state index contributed by atoms with van der Waals surface area (Å²) in [5, 5.41) is 1.96. The second-order valence-corrected chi connectivity index (χ2v) is 4.63. The van der Waals surface area contributed by atoms with E-state index in [9.17, 15) is 19.2 Å². The molecule has 8 nitrogen and oxygen atoms in total. The van der Waals surface area contributed by atoms with E-state index in [2.05, 4.69) is 4.74 Å². The van der Waals surface area contributed by atoms with Gasteiger partial charge in [0.25, 0.3) is 5.91 Å². The molecule has 1 aromatic carbocycles. The minimum Gasteiger partial charge on any atom is -0.423 e. The number of ether oxygens (including phenoxy) is 3. The topological polar surface area (TPSA) is 108 Å². The van der Waals surface area contributed by atoms with Crippen molar-refractivity contribution in [1.29, 1.82) is 0 Å². The zero-order chi connectivity index (χ0) is 17.7. The zero-order valence-electron chi connectivity index (χ0n) is 12.8. The third-order valence-corrected chi connectivity index (χ3v) is 2.65. The fourth-order valence-corrected chi connectivity index (χ4v) is 1.78. The molecule has 1 saturated heterocycles. The van der Waals surface area contributed by atoms with Crippen LogP contribution in [0.25, 0.3) is 6.08 Å². The van der Waals surface area contributed by atoms with Gasteiger partial charge in [0.1, 0.15) is 0 Å². The molecule has 8 heteroatoms. The third-order valence-electron chi connectivity index (χ3n) is 2.65. The van der Waals surface area contributed by atoms with Crippen LogP contribution >= 0.6 is 0 Å². The standard InChI is InChI=1S/C16H13NO7/c1-9(18)22-12-7-6-11(8-14(12)23-10(2)19)4-3-5-13-15(20)17-16(21)24-13/h3-8H,1-2H3,(H,17,20,21)/b4-3+,13-5-. The molecule has 2 rings (SSSR count). The fourth-order valence-electron chi connectivity index (χ4n) is 1.78. The lowest BCUT2D eigenvalue weighted by Gasteiger charge is -2.09. The first kappa shape index (κ1) is 16.9. The van der Waals surface area contributed by atoms with E-state index in [0.717, 1.165) is 0 Å². The van der Waals surface area contributed by atoms with Crippen LogP contribution in [0.2, 0.25) is 0 Å². The summed E-state index contributed by atoms with van der Waals surface area (Å²) in [6.45, 7) is 2.45. The van der Waals surface area contributed by atoms with Crippen LogP contribution in [-0.2, 0) is 19.1 Å². The van der Waals surface area contributed by atoms with Crippen molar-refractivity contribution in [3.05, 3.63) is 41.7 Å². The summed E-state index contributed by atoms with van der Waals surface area (Å²) in [6, 6.07) is 4.56. The van der Waals surface area contributed by atoms with Gasteiger partial charge in [0.05, 0.1) is 0 Å². The summed E-state index contributed by atoms with van der Waals surface area (Å²) in [6.07, 6.45) is 3.54. The monoisotopic (exact) mass is 331 g/mol. The van der Waals surface area contributed by atoms with Crippen LogP contribution in [-0.4, -0.2) is 23.9 Å². The van der Waals surface area contributed by atoms with Crippen molar-refractivity contribution in [1.82, 2.24) is 5.32 Å². The number of hydrogen-bond acceptors (Lipinski definition) is 7. The van der Waals surface area contributed by atoms with Gasteiger partial charge in [-0.2, -0.15) is 0 Å². The van der Waals surface area contributed by atoms with Gasteiger partial charge in [-0.1, -0.05) is 18.2 Å². The van der Waals surface area contributed by atoms with E-state index < -0.39 is 23.9 Å². The van der Waals surface area contributed by atoms with Crippen molar-refractivity contribution in [2.45, 2.75) is 13.8 Å². The molecule has 0 spiro atoms. The fraction of sp³-hybridized carbons (Fsp3) is 0.125. The van der Waals surface area contributed by atoms with Crippen molar-refractivity contribution >= 4 is 30.0 Å². The van der Waals surface area contributed by atoms with Gasteiger partial charge in [0, 0.05) is 13.8 Å². The number of alkyl carbamates (subject to hydrolysis) is 1. The number of carbonyl (C=O) groups excluding carboxylic acids is 4. The third kappa shape index (κ3) is 4.54. The SMILES string of the molecule is CC(=O)Oc1ccc(/C=C/C=C2\OC(=O)NC2=O)cc1OC(C)=O. The van der Waals surface area contributed by atoms with E-state index in [-0.39, 0.29) is 17.3 Å². The predicted molar refractivity (Wildman–Crippen MR) is 80.8 cm³/mol. The number of amides is 2. The Morgan fingerprint density at radius 1 is 1.08 bits per heavy atom. The minimum absolute atomic E-state index is 0.0811. The van der Waals surface area contributed by atoms with E-state index in [0.29, 0.717) is 5.56 Å². The molecule has 1 aromatic rings. The lowest BCUT2D eigenvalue weighted by atomic mass is 10.2. The Hall–Kier alpha value is -3.42. The van der Waals surface area contributed by atoms with Crippen molar-refractivity contribution in [3.8, 4) is 11.5 Å². The van der Waals surface area contributed by atoms with E-state index >= 15 is 0 Å². The number of cyclic esters (lactones) is 1. The van der Waals surface area contributed by atoms with Crippen molar-refractivity contribution in [2.75, 3.05) is 0 Å². The highest BCUT2D eigenvalue weighted by Crippen LogP contribution is 2.29. The summed E-state index contributed by atoms with van der Waals surface area (Å²) < 4.78 is 14.6. The van der Waals surface area contributed by atoms with Gasteiger partial charge < -0.3 is 14.2 Å². The first-order valence-electron chi connectivity index (χ1n) is 6.77. The Balaban J connectivity index is 2.21. The van der Waals surface area contributed by atoms with E-state index in [1.165, 1.54) is 38.1 Å². The number of imide groups is 1. The van der Waals surface area contributed by atoms with Gasteiger partial charge >= 0.3 is 18.0 Å². The first-order chi connectivity index (χ1) is 11.3. The van der Waals surface area contributed by atoms with Crippen molar-refractivity contribution in [2.24, 2.45) is 0 Å². The zero-order valence-corrected chi connectivity index (χ0v) is 12.8. The maximum Gasteiger partial charge on any atom is 0.419 e. The predicted octanol–water partition coefficient (Wildman–Crippen LogP) is 1.70. The lowest BCUT2D eigenvalue weighted by molar-refractivity contribution is -0.134. The largest absolute Gasteiger partial charge is 0.423 e. The Morgan fingerprint density at radius 3 is 2.33 bits per heavy atom. The summed E-state index contributed by atoms with van der Waals surface area (Å²) in [5.74, 6) is -1.69. The lowest BCUT2D eigenvalue weighted by Crippen LogP contribution is -2.18. The van der Waals surface area contributed by atoms with Gasteiger partial charge in [0.2, 0.25) is 0 Å². The molecule has 1 heterocycles. The molecular weight excluding hydrogens is 318 g/mol. The molecule has 2 amide bonds. The second kappa shape index (κ2) is 7.23. The normalized spacial score (nSPS) is 15.3. The van der Waals surface area contributed by atoms with Gasteiger partial charge in [0.15, 0.2) is 17.3 Å². The molecule has 0 aliphatic carbocycles. The number of carbonyl (C=O) groups is 4. The van der Waals surface area contributed by atoms with Crippen LogP contribution in [0.15, 0.2) is 36.1 Å². The van der Waals surface area contributed by atoms with Gasteiger partial charge in [-0.25, -0.2) is 4.79 Å². The number of nitrogens with one attached hydrogen (secondary N) is 1. The molecular formula is C16H13NO7. The number of benzene rings is 1. The van der Waals surface area contributed by atoms with Crippen LogP contribution in [0, 0.1) is 0 Å². The van der Waals surface area contributed by atoms with E-state index in [1.807, 2.05) is 5.32 Å². The maximum absolute atomic E-state index is 11.3. The number of hydrogen-bond donors (Lipinski definition) is 1. The van der Waals surface area contributed by atoms with Crippen molar-refractivity contribution < 1.29 is 33.4 Å². The highest BCUT2D eigenvalue weighted by Gasteiger charge is 2.25. The highest BCUT2D eigenvalue weighted by atomic mass is 16.6. The molecule has 124 valence electrons. The average Bonchev–Trinajstić information content (AvgIpc) is 2.79. The molecule has 0 unspecified atom stereocenters. The van der Waals surface area contributed by atoms with Gasteiger partial charge in [-0.3, -0.25) is 19.7 Å². The molecule has 1 fully saturated rings. The quantitative estimate of drug-likeness (QED) is 0.508. The summed E-state index contributed by atoms with van der Waals surface area (Å²) >= 11 is 0. The van der Waals surface area contributed by atoms with Gasteiger partial charge in [-0.05, 0) is 23.8 Å². The summed E-state index contributed by atoms with van der Waals surface area (Å²) in [4.78, 5) is 44.3. The molecule has 1 N–H and O–H groups in total. The van der Waals surface area contributed by atoms with Crippen LogP contribution in [0.3, 0.4) is 0 Å². The van der Waals surface area contributed by atoms with Crippen LogP contribution in [0.4, 0.5) is 4.79 Å². The Morgan fingerprint density at radius 2 is 1.75 bits per heavy atom. The molecule has 0 saturated carbocycles. The van der Waals surface area contributed by atoms with Crippen LogP contribution in [0.5, 0.6) is 11.5 Å². The first-order valence-corrected chi connectivity index (χ1v) is 6.77. The molecule has 1 aliphatic heterocycles. The molecule has 24 heavy (non-hydrogen) atoms. The van der Waals surface area contributed by atoms with Crippen LogP contribution < -0.4 is 14.8 Å². The maximum atomic E-state index is 11.3. The number of rotatable bonds is 4. The molecule has 1 aliphatic rings. The number of esters is 2. The average molecular weight is 331 g/mol. The Kier molecular flexibility index (Phi) is 5.10. The van der Waals surface area contributed by atoms with E-state index in [4.69, 9.17) is 9.47 Å². The minimum atomic E-state index is -0.831. The number of allylic oxidation sites excluding steroid dienone is 2. The molecule has 0 atom stereocenters. The Bertz CT molecular complexity index is 777. The van der Waals surface area contributed by atoms with Crippen LogP contribution in [0.1, 0.15) is 19.4 Å². The second-order valence-electron chi connectivity index (χ2n) is 4.63. The van der Waals surface area contributed by atoms with Crippen molar-refractivity contribution in [3.63, 3.8) is 0 Å². The highest BCUT2D eigenvalue weighted by molar-refractivity contribution is 6.07. The smallest absolute Gasteiger partial charge is 0.419 e. The molecule has 0 bridgehead atoms.